The summed E-state index contributed by atoms with van der Waals surface area (Å²) in [6.45, 7) is 0. The number of H-pyrrole nitrogens is 1. The van der Waals surface area contributed by atoms with Crippen molar-refractivity contribution in [3.8, 4) is 0 Å². The van der Waals surface area contributed by atoms with Crippen LogP contribution in [0.5, 0.6) is 0 Å². The molecule has 2 aromatic rings. The van der Waals surface area contributed by atoms with Crippen LogP contribution in [0, 0.1) is 0 Å². The average molecular weight is 172 g/mol. The lowest BCUT2D eigenvalue weighted by molar-refractivity contribution is 0.873. The molecule has 0 saturated heterocycles. The number of hydrogen-bond donors (Lipinski definition) is 2. The largest absolute Gasteiger partial charge is 0.367 e. The van der Waals surface area contributed by atoms with Crippen LogP contribution in [0.4, 0.5) is 0 Å². The van der Waals surface area contributed by atoms with E-state index in [2.05, 4.69) is 4.98 Å². The zero-order valence-corrected chi connectivity index (χ0v) is 7.27. The van der Waals surface area contributed by atoms with E-state index >= 15 is 0 Å². The summed E-state index contributed by atoms with van der Waals surface area (Å²) in [7, 11) is 0. The predicted octanol–water partition coefficient (Wildman–Crippen LogP) is 2.06. The Labute approximate surface area is 77.4 Å². The second kappa shape index (κ2) is 3.46. The van der Waals surface area contributed by atoms with Gasteiger partial charge in [0, 0.05) is 12.4 Å². The zero-order valence-electron chi connectivity index (χ0n) is 7.27. The van der Waals surface area contributed by atoms with Gasteiger partial charge in [0.05, 0.1) is 6.04 Å². The number of hydrogen-bond acceptors (Lipinski definition) is 1. The van der Waals surface area contributed by atoms with Gasteiger partial charge in [-0.3, -0.25) is 0 Å². The smallest absolute Gasteiger partial charge is 0.0566 e. The van der Waals surface area contributed by atoms with E-state index in [1.54, 1.807) is 0 Å². The molecule has 1 heterocycles. The molecule has 2 heteroatoms. The van der Waals surface area contributed by atoms with Crippen molar-refractivity contribution in [1.82, 2.24) is 4.98 Å². The molecular formula is C11H12N2. The van der Waals surface area contributed by atoms with Gasteiger partial charge in [0.2, 0.25) is 0 Å². The Morgan fingerprint density at radius 3 is 2.38 bits per heavy atom. The van der Waals surface area contributed by atoms with Crippen molar-refractivity contribution in [2.45, 2.75) is 6.04 Å². The topological polar surface area (TPSA) is 41.8 Å². The number of nitrogens with one attached hydrogen (secondary N) is 1. The van der Waals surface area contributed by atoms with E-state index in [0.29, 0.717) is 0 Å². The molecular weight excluding hydrogens is 160 g/mol. The molecule has 3 N–H and O–H groups in total. The second-order valence-corrected chi connectivity index (χ2v) is 3.03. The van der Waals surface area contributed by atoms with Crippen LogP contribution < -0.4 is 5.73 Å². The molecule has 13 heavy (non-hydrogen) atoms. The van der Waals surface area contributed by atoms with E-state index in [-0.39, 0.29) is 6.04 Å². The molecule has 1 aromatic carbocycles. The standard InChI is InChI=1S/C11H12N2/c12-11(10-6-7-13-8-10)9-4-2-1-3-5-9/h1-8,11,13H,12H2. The fourth-order valence-corrected chi connectivity index (χ4v) is 1.38. The molecule has 0 fully saturated rings. The first kappa shape index (κ1) is 8.08. The lowest BCUT2D eigenvalue weighted by Gasteiger charge is -2.09. The summed E-state index contributed by atoms with van der Waals surface area (Å²) in [6.07, 6.45) is 3.82. The second-order valence-electron chi connectivity index (χ2n) is 3.03. The highest BCUT2D eigenvalue weighted by Gasteiger charge is 2.07. The summed E-state index contributed by atoms with van der Waals surface area (Å²) in [5.74, 6) is 0. The molecule has 0 bridgehead atoms. The maximum absolute atomic E-state index is 6.04. The van der Waals surface area contributed by atoms with Crippen molar-refractivity contribution >= 4 is 0 Å². The molecule has 0 saturated carbocycles. The molecule has 0 aliphatic heterocycles. The first-order chi connectivity index (χ1) is 6.38. The molecule has 2 rings (SSSR count). The van der Waals surface area contributed by atoms with Gasteiger partial charge in [-0.05, 0) is 17.2 Å². The van der Waals surface area contributed by atoms with Crippen molar-refractivity contribution in [1.29, 1.82) is 0 Å². The molecule has 0 amide bonds. The summed E-state index contributed by atoms with van der Waals surface area (Å²) in [4.78, 5) is 3.00. The van der Waals surface area contributed by atoms with Gasteiger partial charge in [0.15, 0.2) is 0 Å². The molecule has 0 aliphatic rings. The zero-order chi connectivity index (χ0) is 9.10. The molecule has 1 atom stereocenters. The van der Waals surface area contributed by atoms with Crippen LogP contribution in [-0.2, 0) is 0 Å². The Morgan fingerprint density at radius 1 is 1.00 bits per heavy atom. The van der Waals surface area contributed by atoms with Crippen molar-refractivity contribution in [3.63, 3.8) is 0 Å². The summed E-state index contributed by atoms with van der Waals surface area (Å²) < 4.78 is 0. The van der Waals surface area contributed by atoms with Crippen molar-refractivity contribution in [2.24, 2.45) is 5.73 Å². The molecule has 66 valence electrons. The van der Waals surface area contributed by atoms with Crippen LogP contribution in [0.3, 0.4) is 0 Å². The van der Waals surface area contributed by atoms with Crippen molar-refractivity contribution < 1.29 is 0 Å². The van der Waals surface area contributed by atoms with Crippen molar-refractivity contribution in [3.05, 3.63) is 59.9 Å². The van der Waals surface area contributed by atoms with Gasteiger partial charge in [-0.1, -0.05) is 30.3 Å². The SMILES string of the molecule is NC(c1ccccc1)c1cc[nH]c1. The van der Waals surface area contributed by atoms with Gasteiger partial charge < -0.3 is 10.7 Å². The van der Waals surface area contributed by atoms with E-state index in [9.17, 15) is 0 Å². The lowest BCUT2D eigenvalue weighted by Crippen LogP contribution is -2.10. The summed E-state index contributed by atoms with van der Waals surface area (Å²) in [5, 5.41) is 0. The van der Waals surface area contributed by atoms with Crippen LogP contribution in [0.25, 0.3) is 0 Å². The van der Waals surface area contributed by atoms with Crippen LogP contribution in [0.2, 0.25) is 0 Å². The van der Waals surface area contributed by atoms with Gasteiger partial charge in [0.25, 0.3) is 0 Å². The van der Waals surface area contributed by atoms with Crippen molar-refractivity contribution in [2.75, 3.05) is 0 Å². The normalized spacial score (nSPS) is 12.7. The van der Waals surface area contributed by atoms with E-state index < -0.39 is 0 Å². The molecule has 0 radical (unpaired) electrons. The quantitative estimate of drug-likeness (QED) is 0.715. The first-order valence-corrected chi connectivity index (χ1v) is 4.31. The maximum Gasteiger partial charge on any atom is 0.0566 e. The van der Waals surface area contributed by atoms with Crippen LogP contribution in [-0.4, -0.2) is 4.98 Å². The summed E-state index contributed by atoms with van der Waals surface area (Å²) in [5.41, 5.74) is 8.30. The van der Waals surface area contributed by atoms with Gasteiger partial charge in [-0.2, -0.15) is 0 Å². The van der Waals surface area contributed by atoms with Gasteiger partial charge in [-0.15, -0.1) is 0 Å². The highest BCUT2D eigenvalue weighted by molar-refractivity contribution is 5.29. The number of benzene rings is 1. The highest BCUT2D eigenvalue weighted by Crippen LogP contribution is 2.17. The number of aromatic nitrogens is 1. The van der Waals surface area contributed by atoms with E-state index in [0.717, 1.165) is 11.1 Å². The predicted molar refractivity (Wildman–Crippen MR) is 53.3 cm³/mol. The third-order valence-corrected chi connectivity index (χ3v) is 2.14. The summed E-state index contributed by atoms with van der Waals surface area (Å²) in [6, 6.07) is 12.1. The van der Waals surface area contributed by atoms with Gasteiger partial charge >= 0.3 is 0 Å². The van der Waals surface area contributed by atoms with E-state index in [4.69, 9.17) is 5.73 Å². The minimum Gasteiger partial charge on any atom is -0.367 e. The molecule has 1 unspecified atom stereocenters. The van der Waals surface area contributed by atoms with Gasteiger partial charge in [-0.25, -0.2) is 0 Å². The first-order valence-electron chi connectivity index (χ1n) is 4.31. The third kappa shape index (κ3) is 1.63. The van der Waals surface area contributed by atoms with E-state index in [1.807, 2.05) is 48.8 Å². The minimum absolute atomic E-state index is 0.0209. The van der Waals surface area contributed by atoms with Crippen LogP contribution in [0.15, 0.2) is 48.8 Å². The van der Waals surface area contributed by atoms with Crippen LogP contribution in [0.1, 0.15) is 17.2 Å². The number of aromatic amines is 1. The Balaban J connectivity index is 2.29. The Bertz CT molecular complexity index is 351. The highest BCUT2D eigenvalue weighted by atomic mass is 14.7. The Kier molecular flexibility index (Phi) is 2.15. The fourth-order valence-electron chi connectivity index (χ4n) is 1.38. The Morgan fingerprint density at radius 2 is 1.77 bits per heavy atom. The Hall–Kier alpha value is -1.54. The van der Waals surface area contributed by atoms with Crippen LogP contribution >= 0.6 is 0 Å². The average Bonchev–Trinajstić information content (AvgIpc) is 2.71. The molecule has 0 spiro atoms. The fraction of sp³-hybridized carbons (Fsp3) is 0.0909. The van der Waals surface area contributed by atoms with Gasteiger partial charge in [0.1, 0.15) is 0 Å². The minimum atomic E-state index is -0.0209. The summed E-state index contributed by atoms with van der Waals surface area (Å²) >= 11 is 0. The number of rotatable bonds is 2. The maximum atomic E-state index is 6.04. The third-order valence-electron chi connectivity index (χ3n) is 2.14. The molecule has 1 aromatic heterocycles. The van der Waals surface area contributed by atoms with E-state index in [1.165, 1.54) is 0 Å². The monoisotopic (exact) mass is 172 g/mol. The molecule has 0 aliphatic carbocycles. The number of nitrogens with two attached hydrogens (primary N) is 1. The lowest BCUT2D eigenvalue weighted by atomic mass is 10.0. The molecule has 2 nitrogen and oxygen atoms in total.